The molecule has 7 atom stereocenters. The van der Waals surface area contributed by atoms with Gasteiger partial charge >= 0.3 is 5.97 Å². The molecule has 3 fully saturated rings. The molecular formula is C26H34O5. The number of aromatic carboxylic acids is 1. The van der Waals surface area contributed by atoms with Gasteiger partial charge in [-0.2, -0.15) is 0 Å². The van der Waals surface area contributed by atoms with Gasteiger partial charge in [0.05, 0.1) is 22.9 Å². The van der Waals surface area contributed by atoms with E-state index in [0.717, 1.165) is 38.5 Å². The van der Waals surface area contributed by atoms with E-state index in [-0.39, 0.29) is 23.0 Å². The number of carboxylic acids is 1. The van der Waals surface area contributed by atoms with Crippen LogP contribution in [-0.2, 0) is 5.60 Å². The van der Waals surface area contributed by atoms with Gasteiger partial charge in [0.25, 0.3) is 0 Å². The maximum atomic E-state index is 12.2. The summed E-state index contributed by atoms with van der Waals surface area (Å²) in [6.45, 7) is 4.36. The zero-order valence-electron chi connectivity index (χ0n) is 18.5. The van der Waals surface area contributed by atoms with Crippen LogP contribution in [0, 0.1) is 22.7 Å². The fourth-order valence-corrected chi connectivity index (χ4v) is 8.05. The minimum atomic E-state index is -1.18. The lowest BCUT2D eigenvalue weighted by Gasteiger charge is -2.62. The molecule has 5 rings (SSSR count). The molecule has 0 aromatic heterocycles. The Morgan fingerprint density at radius 3 is 2.32 bits per heavy atom. The Morgan fingerprint density at radius 2 is 1.65 bits per heavy atom. The van der Waals surface area contributed by atoms with E-state index in [4.69, 9.17) is 0 Å². The average Bonchev–Trinajstić information content (AvgIpc) is 2.96. The number of hydrogen-bond acceptors (Lipinski definition) is 4. The number of hydrogen-bond donors (Lipinski definition) is 4. The number of aliphatic hydroxyl groups excluding tert-OH is 1. The molecule has 0 spiro atoms. The van der Waals surface area contributed by atoms with E-state index in [1.807, 2.05) is 6.92 Å². The Morgan fingerprint density at radius 1 is 0.935 bits per heavy atom. The molecule has 4 aliphatic rings. The van der Waals surface area contributed by atoms with Crippen molar-refractivity contribution >= 4 is 5.97 Å². The van der Waals surface area contributed by atoms with Crippen molar-refractivity contribution in [1.82, 2.24) is 0 Å². The summed E-state index contributed by atoms with van der Waals surface area (Å²) >= 11 is 0. The molecule has 0 bridgehead atoms. The van der Waals surface area contributed by atoms with Gasteiger partial charge in [-0.25, -0.2) is 4.79 Å². The highest BCUT2D eigenvalue weighted by molar-refractivity contribution is 5.87. The lowest BCUT2D eigenvalue weighted by Crippen LogP contribution is -2.63. The van der Waals surface area contributed by atoms with Gasteiger partial charge in [0.1, 0.15) is 0 Å². The van der Waals surface area contributed by atoms with Gasteiger partial charge in [0.2, 0.25) is 0 Å². The summed E-state index contributed by atoms with van der Waals surface area (Å²) in [7, 11) is 0. The van der Waals surface area contributed by atoms with Crippen molar-refractivity contribution < 1.29 is 25.2 Å². The van der Waals surface area contributed by atoms with Crippen molar-refractivity contribution in [2.75, 3.05) is 0 Å². The fourth-order valence-electron chi connectivity index (χ4n) is 8.05. The second-order valence-electron chi connectivity index (χ2n) is 11.0. The highest BCUT2D eigenvalue weighted by Crippen LogP contribution is 2.71. The summed E-state index contributed by atoms with van der Waals surface area (Å²) in [6.07, 6.45) is 7.95. The molecule has 3 saturated carbocycles. The van der Waals surface area contributed by atoms with E-state index in [0.29, 0.717) is 24.3 Å². The number of rotatable bonds is 2. The van der Waals surface area contributed by atoms with Gasteiger partial charge in [-0.1, -0.05) is 37.6 Å². The molecule has 0 radical (unpaired) electrons. The van der Waals surface area contributed by atoms with Crippen LogP contribution in [0.25, 0.3) is 0 Å². The van der Waals surface area contributed by atoms with Gasteiger partial charge in [0.15, 0.2) is 0 Å². The smallest absolute Gasteiger partial charge is 0.335 e. The molecule has 31 heavy (non-hydrogen) atoms. The van der Waals surface area contributed by atoms with Gasteiger partial charge in [-0.15, -0.1) is 0 Å². The second kappa shape index (κ2) is 6.66. The zero-order chi connectivity index (χ0) is 22.2. The number of fused-ring (bicyclic) bond motifs is 5. The van der Waals surface area contributed by atoms with Crippen LogP contribution in [0.1, 0.15) is 81.1 Å². The van der Waals surface area contributed by atoms with Crippen molar-refractivity contribution in [3.63, 3.8) is 0 Å². The number of carboxylic acid groups (broad SMARTS) is 1. The first-order valence-corrected chi connectivity index (χ1v) is 11.7. The Balaban J connectivity index is 1.52. The van der Waals surface area contributed by atoms with Gasteiger partial charge in [0, 0.05) is 5.41 Å². The van der Waals surface area contributed by atoms with Crippen LogP contribution in [0.2, 0.25) is 0 Å². The Bertz CT molecular complexity index is 938. The van der Waals surface area contributed by atoms with Crippen molar-refractivity contribution in [2.45, 2.75) is 82.5 Å². The van der Waals surface area contributed by atoms with Gasteiger partial charge in [-0.3, -0.25) is 0 Å². The van der Waals surface area contributed by atoms with Crippen molar-refractivity contribution in [1.29, 1.82) is 0 Å². The molecule has 0 heterocycles. The van der Waals surface area contributed by atoms with Gasteiger partial charge in [-0.05, 0) is 86.3 Å². The third-order valence-electron chi connectivity index (χ3n) is 10.0. The monoisotopic (exact) mass is 426 g/mol. The Labute approximate surface area is 183 Å². The molecule has 0 saturated heterocycles. The number of carbonyl (C=O) groups is 1. The molecule has 0 amide bonds. The second-order valence-corrected chi connectivity index (χ2v) is 11.0. The van der Waals surface area contributed by atoms with Crippen LogP contribution >= 0.6 is 0 Å². The number of aliphatic hydroxyl groups is 3. The largest absolute Gasteiger partial charge is 0.478 e. The topological polar surface area (TPSA) is 98.0 Å². The summed E-state index contributed by atoms with van der Waals surface area (Å²) in [5.74, 6) is -0.504. The van der Waals surface area contributed by atoms with Crippen molar-refractivity contribution in [2.24, 2.45) is 22.7 Å². The normalized spacial score (nSPS) is 46.5. The molecule has 1 aromatic carbocycles. The van der Waals surface area contributed by atoms with E-state index in [2.05, 4.69) is 13.0 Å². The molecule has 4 N–H and O–H groups in total. The van der Waals surface area contributed by atoms with Crippen LogP contribution < -0.4 is 0 Å². The summed E-state index contributed by atoms with van der Waals surface area (Å²) in [6, 6.07) is 6.54. The number of allylic oxidation sites excluding steroid dienone is 1. The standard InChI is InChI=1S/C26H34O5/c1-23-11-9-19(27)15-18(23)7-8-21-20(23)10-12-24(2)25(30,13-14-26(21,24)31)17-5-3-16(4-6-17)22(28)29/h3-6,15,19-21,27,30-31H,7-14H2,1-2H3,(H,28,29)/t19?,20-,21-,23+,24-,25?,26-/m1/s1. The first-order valence-electron chi connectivity index (χ1n) is 11.7. The minimum Gasteiger partial charge on any atom is -0.478 e. The highest BCUT2D eigenvalue weighted by atomic mass is 16.4. The van der Waals surface area contributed by atoms with E-state index in [1.165, 1.54) is 5.57 Å². The molecule has 5 heteroatoms. The molecule has 5 nitrogen and oxygen atoms in total. The summed E-state index contributed by atoms with van der Waals surface area (Å²) in [5.41, 5.74) is -0.534. The summed E-state index contributed by atoms with van der Waals surface area (Å²) in [5, 5.41) is 43.6. The Hall–Kier alpha value is -1.69. The Kier molecular flexibility index (Phi) is 4.55. The van der Waals surface area contributed by atoms with Crippen LogP contribution in [0.15, 0.2) is 35.9 Å². The lowest BCUT2D eigenvalue weighted by molar-refractivity contribution is -0.221. The van der Waals surface area contributed by atoms with Crippen molar-refractivity contribution in [3.8, 4) is 0 Å². The van der Waals surface area contributed by atoms with E-state index >= 15 is 0 Å². The van der Waals surface area contributed by atoms with Gasteiger partial charge < -0.3 is 20.4 Å². The van der Waals surface area contributed by atoms with Crippen LogP contribution in [0.4, 0.5) is 0 Å². The minimum absolute atomic E-state index is 0.0169. The first kappa shape index (κ1) is 21.2. The molecule has 0 aliphatic heterocycles. The SMILES string of the molecule is C[C@]12CCC(O)C=C1CC[C@@H]1[C@H]2CC[C@]2(C)C(O)(c3ccc(C(=O)O)cc3)CC[C@@]12O. The summed E-state index contributed by atoms with van der Waals surface area (Å²) in [4.78, 5) is 11.3. The van der Waals surface area contributed by atoms with E-state index < -0.39 is 22.6 Å². The average molecular weight is 427 g/mol. The van der Waals surface area contributed by atoms with Crippen molar-refractivity contribution in [3.05, 3.63) is 47.0 Å². The molecule has 1 aromatic rings. The molecule has 168 valence electrons. The zero-order valence-corrected chi connectivity index (χ0v) is 18.5. The predicted octanol–water partition coefficient (Wildman–Crippen LogP) is 4.01. The van der Waals surface area contributed by atoms with Crippen LogP contribution in [0.5, 0.6) is 0 Å². The third kappa shape index (κ3) is 2.63. The molecule has 2 unspecified atom stereocenters. The third-order valence-corrected chi connectivity index (χ3v) is 10.0. The summed E-state index contributed by atoms with van der Waals surface area (Å²) < 4.78 is 0. The quantitative estimate of drug-likeness (QED) is 0.536. The highest BCUT2D eigenvalue weighted by Gasteiger charge is 2.71. The number of benzene rings is 1. The predicted molar refractivity (Wildman–Crippen MR) is 116 cm³/mol. The maximum absolute atomic E-state index is 12.2. The van der Waals surface area contributed by atoms with E-state index in [1.54, 1.807) is 24.3 Å². The van der Waals surface area contributed by atoms with Crippen LogP contribution in [0.3, 0.4) is 0 Å². The first-order chi connectivity index (χ1) is 14.6. The molecule has 4 aliphatic carbocycles. The fraction of sp³-hybridized carbons (Fsp3) is 0.654. The van der Waals surface area contributed by atoms with Crippen LogP contribution in [-0.4, -0.2) is 38.1 Å². The molecular weight excluding hydrogens is 392 g/mol. The maximum Gasteiger partial charge on any atom is 0.335 e. The van der Waals surface area contributed by atoms with E-state index in [9.17, 15) is 25.2 Å². The lowest BCUT2D eigenvalue weighted by atomic mass is 9.44.